The molecule has 1 saturated heterocycles. The summed E-state index contributed by atoms with van der Waals surface area (Å²) in [6, 6.07) is 0.499. The molecule has 0 atom stereocenters. The van der Waals surface area contributed by atoms with Gasteiger partial charge in [-0.3, -0.25) is 4.79 Å². The number of piperazine rings is 1. The molecule has 6 nitrogen and oxygen atoms in total. The fraction of sp³-hybridized carbons (Fsp3) is 0.769. The molecule has 1 amide bonds. The highest BCUT2D eigenvalue weighted by Gasteiger charge is 2.32. The van der Waals surface area contributed by atoms with E-state index in [0.717, 1.165) is 38.4 Å². The van der Waals surface area contributed by atoms with Crippen LogP contribution in [0.4, 0.5) is 6.01 Å². The fourth-order valence-electron chi connectivity index (χ4n) is 2.36. The first-order valence-corrected chi connectivity index (χ1v) is 6.99. The van der Waals surface area contributed by atoms with Crippen LogP contribution in [0.1, 0.15) is 38.5 Å². The number of aromatic nitrogens is 2. The molecule has 1 aliphatic heterocycles. The van der Waals surface area contributed by atoms with Crippen LogP contribution in [0.15, 0.2) is 4.42 Å². The fourth-order valence-corrected chi connectivity index (χ4v) is 2.36. The van der Waals surface area contributed by atoms with Crippen LogP contribution >= 0.6 is 0 Å². The number of anilines is 1. The van der Waals surface area contributed by atoms with E-state index < -0.39 is 0 Å². The molecular formula is C13H20N4O2. The van der Waals surface area contributed by atoms with Gasteiger partial charge in [0.1, 0.15) is 6.54 Å². The minimum Gasteiger partial charge on any atom is -0.408 e. The third-order valence-electron chi connectivity index (χ3n) is 3.53. The number of rotatable bonds is 4. The van der Waals surface area contributed by atoms with Gasteiger partial charge >= 0.3 is 6.01 Å². The van der Waals surface area contributed by atoms with E-state index in [1.807, 2.05) is 9.80 Å². The summed E-state index contributed by atoms with van der Waals surface area (Å²) in [5.41, 5.74) is 0. The number of nitrogens with zero attached hydrogens (tertiary/aromatic N) is 4. The van der Waals surface area contributed by atoms with Crippen molar-refractivity contribution >= 4 is 11.9 Å². The van der Waals surface area contributed by atoms with Crippen LogP contribution < -0.4 is 4.90 Å². The van der Waals surface area contributed by atoms with Crippen molar-refractivity contribution in [2.24, 2.45) is 5.92 Å². The van der Waals surface area contributed by atoms with Gasteiger partial charge in [-0.1, -0.05) is 18.9 Å². The highest BCUT2D eigenvalue weighted by molar-refractivity contribution is 5.82. The van der Waals surface area contributed by atoms with Gasteiger partial charge in [0.25, 0.3) is 0 Å². The monoisotopic (exact) mass is 264 g/mol. The lowest BCUT2D eigenvalue weighted by atomic mass is 10.2. The van der Waals surface area contributed by atoms with E-state index in [2.05, 4.69) is 24.0 Å². The zero-order valence-electron chi connectivity index (χ0n) is 11.5. The smallest absolute Gasteiger partial charge is 0.318 e. The standard InChI is InChI=1S/C13H20N4O2/c1-9(2)7-16-5-6-17(8-11(16)18)13-15-14-12(19-13)10-3-4-10/h9-10H,3-8H2,1-2H3. The normalized spacial score (nSPS) is 20.5. The van der Waals surface area contributed by atoms with Gasteiger partial charge in [-0.25, -0.2) is 0 Å². The van der Waals surface area contributed by atoms with Gasteiger partial charge in [-0.15, -0.1) is 5.10 Å². The molecule has 2 heterocycles. The molecule has 0 spiro atoms. The average molecular weight is 264 g/mol. The summed E-state index contributed by atoms with van der Waals surface area (Å²) in [6.07, 6.45) is 2.28. The molecule has 3 rings (SSSR count). The highest BCUT2D eigenvalue weighted by atomic mass is 16.4. The average Bonchev–Trinajstić information content (AvgIpc) is 3.10. The first kappa shape index (κ1) is 12.4. The predicted octanol–water partition coefficient (Wildman–Crippen LogP) is 1.25. The summed E-state index contributed by atoms with van der Waals surface area (Å²) >= 11 is 0. The molecule has 104 valence electrons. The maximum atomic E-state index is 12.1. The van der Waals surface area contributed by atoms with Gasteiger partial charge in [0, 0.05) is 25.6 Å². The first-order chi connectivity index (χ1) is 9.13. The van der Waals surface area contributed by atoms with Crippen molar-refractivity contribution in [1.82, 2.24) is 15.1 Å². The molecule has 1 aromatic rings. The van der Waals surface area contributed by atoms with Gasteiger partial charge in [-0.2, -0.15) is 0 Å². The Kier molecular flexibility index (Phi) is 3.16. The molecule has 1 aliphatic carbocycles. The summed E-state index contributed by atoms with van der Waals surface area (Å²) in [5, 5.41) is 8.12. The number of carbonyl (C=O) groups is 1. The van der Waals surface area contributed by atoms with E-state index in [-0.39, 0.29) is 5.91 Å². The number of hydrogen-bond donors (Lipinski definition) is 0. The predicted molar refractivity (Wildman–Crippen MR) is 69.9 cm³/mol. The van der Waals surface area contributed by atoms with E-state index in [0.29, 0.717) is 24.4 Å². The number of amides is 1. The van der Waals surface area contributed by atoms with Crippen molar-refractivity contribution in [3.8, 4) is 0 Å². The summed E-state index contributed by atoms with van der Waals surface area (Å²) in [5.74, 6) is 1.83. The lowest BCUT2D eigenvalue weighted by Crippen LogP contribution is -2.51. The Bertz CT molecular complexity index is 467. The Morgan fingerprint density at radius 3 is 2.74 bits per heavy atom. The number of hydrogen-bond acceptors (Lipinski definition) is 5. The Balaban J connectivity index is 1.62. The molecular weight excluding hydrogens is 244 g/mol. The quantitative estimate of drug-likeness (QED) is 0.819. The molecule has 0 bridgehead atoms. The van der Waals surface area contributed by atoms with Crippen LogP contribution in [0.25, 0.3) is 0 Å². The van der Waals surface area contributed by atoms with Crippen molar-refractivity contribution in [2.45, 2.75) is 32.6 Å². The van der Waals surface area contributed by atoms with E-state index in [9.17, 15) is 4.79 Å². The lowest BCUT2D eigenvalue weighted by Gasteiger charge is -2.34. The third-order valence-corrected chi connectivity index (χ3v) is 3.53. The van der Waals surface area contributed by atoms with E-state index in [4.69, 9.17) is 4.42 Å². The zero-order chi connectivity index (χ0) is 13.4. The molecule has 2 fully saturated rings. The summed E-state index contributed by atoms with van der Waals surface area (Å²) in [7, 11) is 0. The van der Waals surface area contributed by atoms with Gasteiger partial charge < -0.3 is 14.2 Å². The zero-order valence-corrected chi connectivity index (χ0v) is 11.5. The second-order valence-corrected chi connectivity index (χ2v) is 5.85. The summed E-state index contributed by atoms with van der Waals surface area (Å²) in [4.78, 5) is 15.9. The molecule has 1 aromatic heterocycles. The van der Waals surface area contributed by atoms with E-state index >= 15 is 0 Å². The highest BCUT2D eigenvalue weighted by Crippen LogP contribution is 2.39. The first-order valence-electron chi connectivity index (χ1n) is 6.99. The lowest BCUT2D eigenvalue weighted by molar-refractivity contribution is -0.131. The molecule has 6 heteroatoms. The molecule has 0 aromatic carbocycles. The molecule has 2 aliphatic rings. The Morgan fingerprint density at radius 1 is 1.32 bits per heavy atom. The molecule has 19 heavy (non-hydrogen) atoms. The van der Waals surface area contributed by atoms with Crippen LogP contribution in [0.5, 0.6) is 0 Å². The topological polar surface area (TPSA) is 62.5 Å². The number of carbonyl (C=O) groups excluding carboxylic acids is 1. The Labute approximate surface area is 112 Å². The van der Waals surface area contributed by atoms with E-state index in [1.54, 1.807) is 0 Å². The molecule has 1 saturated carbocycles. The third kappa shape index (κ3) is 2.72. The van der Waals surface area contributed by atoms with Crippen LogP contribution in [-0.2, 0) is 4.79 Å². The maximum absolute atomic E-state index is 12.1. The van der Waals surface area contributed by atoms with E-state index in [1.165, 1.54) is 0 Å². The van der Waals surface area contributed by atoms with Crippen LogP contribution in [0, 0.1) is 5.92 Å². The second kappa shape index (κ2) is 4.83. The Morgan fingerprint density at radius 2 is 2.11 bits per heavy atom. The molecule has 0 unspecified atom stereocenters. The second-order valence-electron chi connectivity index (χ2n) is 5.85. The van der Waals surface area contributed by atoms with Crippen molar-refractivity contribution in [1.29, 1.82) is 0 Å². The Hall–Kier alpha value is -1.59. The van der Waals surface area contributed by atoms with Crippen molar-refractivity contribution in [2.75, 3.05) is 31.1 Å². The van der Waals surface area contributed by atoms with Crippen LogP contribution in [0.3, 0.4) is 0 Å². The molecule has 0 N–H and O–H groups in total. The van der Waals surface area contributed by atoms with Gasteiger partial charge in [0.15, 0.2) is 0 Å². The van der Waals surface area contributed by atoms with Gasteiger partial charge in [0.05, 0.1) is 0 Å². The molecule has 0 radical (unpaired) electrons. The van der Waals surface area contributed by atoms with Gasteiger partial charge in [0.2, 0.25) is 11.8 Å². The van der Waals surface area contributed by atoms with Crippen molar-refractivity contribution in [3.05, 3.63) is 5.89 Å². The van der Waals surface area contributed by atoms with Crippen molar-refractivity contribution in [3.63, 3.8) is 0 Å². The maximum Gasteiger partial charge on any atom is 0.318 e. The minimum absolute atomic E-state index is 0.145. The summed E-state index contributed by atoms with van der Waals surface area (Å²) in [6.45, 7) is 6.92. The summed E-state index contributed by atoms with van der Waals surface area (Å²) < 4.78 is 5.64. The van der Waals surface area contributed by atoms with Gasteiger partial charge in [-0.05, 0) is 18.8 Å². The SMILES string of the molecule is CC(C)CN1CCN(c2nnc(C3CC3)o2)CC1=O. The minimum atomic E-state index is 0.145. The van der Waals surface area contributed by atoms with Crippen LogP contribution in [0.2, 0.25) is 0 Å². The largest absolute Gasteiger partial charge is 0.408 e. The van der Waals surface area contributed by atoms with Crippen LogP contribution in [-0.4, -0.2) is 47.2 Å². The van der Waals surface area contributed by atoms with Crippen molar-refractivity contribution < 1.29 is 9.21 Å².